The second-order valence-corrected chi connectivity index (χ2v) is 7.34. The van der Waals surface area contributed by atoms with E-state index < -0.39 is 0 Å². The second kappa shape index (κ2) is 7.72. The van der Waals surface area contributed by atoms with Gasteiger partial charge in [0.15, 0.2) is 10.8 Å². The van der Waals surface area contributed by atoms with E-state index in [1.54, 1.807) is 23.8 Å². The number of nitrogens with one attached hydrogen (secondary N) is 1. The maximum Gasteiger partial charge on any atom is 0.265 e. The molecule has 0 spiro atoms. The molecule has 4 rings (SSSR count). The molecule has 3 aromatic rings. The third-order valence-corrected chi connectivity index (χ3v) is 5.59. The van der Waals surface area contributed by atoms with Crippen LogP contribution >= 0.6 is 11.8 Å². The first-order valence-corrected chi connectivity index (χ1v) is 9.71. The quantitative estimate of drug-likeness (QED) is 0.496. The number of hydrogen-bond acceptors (Lipinski definition) is 6. The number of halogens is 1. The molecule has 0 radical (unpaired) electrons. The summed E-state index contributed by atoms with van der Waals surface area (Å²) >= 11 is 1.43. The number of carbonyl (C=O) groups excluding carboxylic acids is 1. The first-order chi connectivity index (χ1) is 13.6. The van der Waals surface area contributed by atoms with E-state index in [9.17, 15) is 14.0 Å². The monoisotopic (exact) mass is 403 g/mol. The predicted octanol–water partition coefficient (Wildman–Crippen LogP) is 1.52. The van der Waals surface area contributed by atoms with Crippen LogP contribution in [0.25, 0.3) is 16.7 Å². The summed E-state index contributed by atoms with van der Waals surface area (Å²) in [5.74, 6) is 0.108. The summed E-state index contributed by atoms with van der Waals surface area (Å²) < 4.78 is 21.2. The van der Waals surface area contributed by atoms with Crippen molar-refractivity contribution >= 4 is 28.7 Å². The van der Waals surface area contributed by atoms with Gasteiger partial charge in [-0.15, -0.1) is 0 Å². The number of ether oxygens (including phenoxy) is 1. The minimum atomic E-state index is -0.351. The van der Waals surface area contributed by atoms with Gasteiger partial charge in [-0.3, -0.25) is 14.2 Å². The summed E-state index contributed by atoms with van der Waals surface area (Å²) in [6.45, 7) is 0.866. The van der Waals surface area contributed by atoms with Gasteiger partial charge >= 0.3 is 0 Å². The van der Waals surface area contributed by atoms with Gasteiger partial charge in [0.25, 0.3) is 5.56 Å². The van der Waals surface area contributed by atoms with Crippen LogP contribution in [0.3, 0.4) is 0 Å². The Kier molecular flexibility index (Phi) is 5.14. The highest BCUT2D eigenvalue weighted by molar-refractivity contribution is 7.99. The molecular formula is C18H18FN5O3S. The molecule has 1 aliphatic heterocycles. The van der Waals surface area contributed by atoms with Gasteiger partial charge in [0.05, 0.1) is 24.5 Å². The van der Waals surface area contributed by atoms with Crippen LogP contribution in [0.1, 0.15) is 12.5 Å². The molecule has 146 valence electrons. The van der Waals surface area contributed by atoms with Crippen LogP contribution in [-0.4, -0.2) is 51.3 Å². The summed E-state index contributed by atoms with van der Waals surface area (Å²) in [6.07, 6.45) is 1.66. The molecule has 1 unspecified atom stereocenters. The molecule has 0 fully saturated rings. The fourth-order valence-corrected chi connectivity index (χ4v) is 4.26. The Morgan fingerprint density at radius 1 is 1.39 bits per heavy atom. The number of methoxy groups -OCH3 is 1. The third kappa shape index (κ3) is 3.40. The Hall–Kier alpha value is -2.72. The van der Waals surface area contributed by atoms with E-state index >= 15 is 0 Å². The molecule has 0 bridgehead atoms. The van der Waals surface area contributed by atoms with Gasteiger partial charge in [0, 0.05) is 25.8 Å². The van der Waals surface area contributed by atoms with Crippen molar-refractivity contribution in [3.05, 3.63) is 46.6 Å². The summed E-state index contributed by atoms with van der Waals surface area (Å²) in [5.41, 5.74) is 0.805. The van der Waals surface area contributed by atoms with Gasteiger partial charge in [-0.1, -0.05) is 11.8 Å². The highest BCUT2D eigenvalue weighted by atomic mass is 32.2. The first kappa shape index (κ1) is 18.6. The zero-order valence-corrected chi connectivity index (χ0v) is 15.9. The Morgan fingerprint density at radius 3 is 2.93 bits per heavy atom. The second-order valence-electron chi connectivity index (χ2n) is 6.35. The van der Waals surface area contributed by atoms with E-state index in [-0.39, 0.29) is 29.7 Å². The molecule has 1 amide bonds. The number of rotatable bonds is 6. The third-order valence-electron chi connectivity index (χ3n) is 4.49. The van der Waals surface area contributed by atoms with Crippen molar-refractivity contribution in [2.24, 2.45) is 0 Å². The van der Waals surface area contributed by atoms with Crippen LogP contribution in [0.4, 0.5) is 4.39 Å². The smallest absolute Gasteiger partial charge is 0.265 e. The number of nitrogens with zero attached hydrogens (tertiary/aromatic N) is 4. The molecule has 2 aromatic heterocycles. The van der Waals surface area contributed by atoms with Gasteiger partial charge in [0.2, 0.25) is 5.91 Å². The van der Waals surface area contributed by atoms with Crippen molar-refractivity contribution in [1.82, 2.24) is 24.6 Å². The molecule has 3 heterocycles. The number of thioether (sulfide) groups is 1. The van der Waals surface area contributed by atoms with Gasteiger partial charge in [-0.05, 0) is 24.3 Å². The maximum absolute atomic E-state index is 13.2. The zero-order chi connectivity index (χ0) is 19.7. The van der Waals surface area contributed by atoms with Crippen LogP contribution in [-0.2, 0) is 9.53 Å². The SMILES string of the molecule is COCCNC(=O)CC1CSc2nc3c(cnn3-c3ccc(F)cc3)c(=O)n21. The van der Waals surface area contributed by atoms with Crippen LogP contribution in [0.2, 0.25) is 0 Å². The van der Waals surface area contributed by atoms with Crippen LogP contribution < -0.4 is 10.9 Å². The van der Waals surface area contributed by atoms with Gasteiger partial charge in [-0.25, -0.2) is 14.1 Å². The van der Waals surface area contributed by atoms with Crippen LogP contribution in [0, 0.1) is 5.82 Å². The summed E-state index contributed by atoms with van der Waals surface area (Å²) in [5, 5.41) is 7.93. The largest absolute Gasteiger partial charge is 0.383 e. The van der Waals surface area contributed by atoms with E-state index in [1.807, 2.05) is 0 Å². The summed E-state index contributed by atoms with van der Waals surface area (Å²) in [6, 6.07) is 5.55. The van der Waals surface area contributed by atoms with Crippen molar-refractivity contribution in [1.29, 1.82) is 0 Å². The molecular weight excluding hydrogens is 385 g/mol. The van der Waals surface area contributed by atoms with Crippen molar-refractivity contribution in [3.8, 4) is 5.69 Å². The number of hydrogen-bond donors (Lipinski definition) is 1. The average molecular weight is 403 g/mol. The molecule has 1 atom stereocenters. The first-order valence-electron chi connectivity index (χ1n) is 8.73. The van der Waals surface area contributed by atoms with Crippen molar-refractivity contribution in [3.63, 3.8) is 0 Å². The van der Waals surface area contributed by atoms with Crippen molar-refractivity contribution < 1.29 is 13.9 Å². The molecule has 0 aliphatic carbocycles. The lowest BCUT2D eigenvalue weighted by atomic mass is 10.2. The van der Waals surface area contributed by atoms with E-state index in [4.69, 9.17) is 4.74 Å². The molecule has 1 N–H and O–H groups in total. The van der Waals surface area contributed by atoms with E-state index in [0.717, 1.165) is 0 Å². The Bertz CT molecular complexity index is 1080. The van der Waals surface area contributed by atoms with Gasteiger partial charge in [0.1, 0.15) is 11.2 Å². The standard InChI is InChI=1S/C18H18FN5O3S/c1-27-7-6-20-15(25)8-13-10-28-18-22-16-14(17(26)23(13)18)9-21-24(16)12-4-2-11(19)3-5-12/h2-5,9,13H,6-8,10H2,1H3,(H,20,25). The van der Waals surface area contributed by atoms with Crippen molar-refractivity contribution in [2.75, 3.05) is 26.0 Å². The molecule has 1 aliphatic rings. The Labute approximate surface area is 163 Å². The average Bonchev–Trinajstić information content (AvgIpc) is 3.28. The fraction of sp³-hybridized carbons (Fsp3) is 0.333. The minimum absolute atomic E-state index is 0.135. The lowest BCUT2D eigenvalue weighted by molar-refractivity contribution is -0.121. The normalized spacial score (nSPS) is 15.7. The van der Waals surface area contributed by atoms with E-state index in [1.165, 1.54) is 34.8 Å². The molecule has 28 heavy (non-hydrogen) atoms. The lowest BCUT2D eigenvalue weighted by Gasteiger charge is -2.13. The highest BCUT2D eigenvalue weighted by Gasteiger charge is 2.29. The number of amides is 1. The molecule has 0 saturated carbocycles. The van der Waals surface area contributed by atoms with Gasteiger partial charge in [-0.2, -0.15) is 5.10 Å². The van der Waals surface area contributed by atoms with E-state index in [0.29, 0.717) is 40.8 Å². The summed E-state index contributed by atoms with van der Waals surface area (Å²) in [7, 11) is 1.57. The Morgan fingerprint density at radius 2 is 2.18 bits per heavy atom. The van der Waals surface area contributed by atoms with Crippen LogP contribution in [0.15, 0.2) is 40.4 Å². The highest BCUT2D eigenvalue weighted by Crippen LogP contribution is 2.33. The number of benzene rings is 1. The zero-order valence-electron chi connectivity index (χ0n) is 15.1. The van der Waals surface area contributed by atoms with Crippen LogP contribution in [0.5, 0.6) is 0 Å². The number of carbonyl (C=O) groups is 1. The molecule has 0 saturated heterocycles. The van der Waals surface area contributed by atoms with E-state index in [2.05, 4.69) is 15.4 Å². The molecule has 10 heteroatoms. The maximum atomic E-state index is 13.2. The molecule has 8 nitrogen and oxygen atoms in total. The molecule has 1 aromatic carbocycles. The fourth-order valence-electron chi connectivity index (χ4n) is 3.13. The number of aromatic nitrogens is 4. The van der Waals surface area contributed by atoms with Crippen molar-refractivity contribution in [2.45, 2.75) is 17.6 Å². The minimum Gasteiger partial charge on any atom is -0.383 e. The Balaban J connectivity index is 1.65. The number of fused-ring (bicyclic) bond motifs is 2. The predicted molar refractivity (Wildman–Crippen MR) is 102 cm³/mol. The lowest BCUT2D eigenvalue weighted by Crippen LogP contribution is -2.32. The topological polar surface area (TPSA) is 91.0 Å². The summed E-state index contributed by atoms with van der Waals surface area (Å²) in [4.78, 5) is 29.7. The van der Waals surface area contributed by atoms with Gasteiger partial charge < -0.3 is 10.1 Å².